The quantitative estimate of drug-likeness (QED) is 0.432. The van der Waals surface area contributed by atoms with Crippen molar-refractivity contribution in [1.82, 2.24) is 29.7 Å². The molecule has 4 heterocycles. The molecule has 36 heavy (non-hydrogen) atoms. The van der Waals surface area contributed by atoms with Crippen LogP contribution in [0.2, 0.25) is 0 Å². The number of hydrogen-bond donors (Lipinski definition) is 1. The Morgan fingerprint density at radius 2 is 1.86 bits per heavy atom. The number of carbonyl (C=O) groups is 2. The number of hydrogen-bond acceptors (Lipinski definition) is 9. The number of halogens is 1. The summed E-state index contributed by atoms with van der Waals surface area (Å²) in [5.74, 6) is -0.121. The zero-order valence-corrected chi connectivity index (χ0v) is 20.2. The molecule has 0 bridgehead atoms. The van der Waals surface area contributed by atoms with Gasteiger partial charge in [0.1, 0.15) is 11.5 Å². The molecule has 3 aromatic heterocycles. The number of benzene rings is 1. The van der Waals surface area contributed by atoms with Gasteiger partial charge in [0, 0.05) is 37.9 Å². The van der Waals surface area contributed by atoms with E-state index in [1.54, 1.807) is 40.4 Å². The second-order valence-corrected chi connectivity index (χ2v) is 8.85. The zero-order chi connectivity index (χ0) is 25.1. The van der Waals surface area contributed by atoms with Crippen molar-refractivity contribution in [2.45, 2.75) is 6.92 Å². The number of piperazine rings is 1. The van der Waals surface area contributed by atoms with E-state index in [2.05, 4.69) is 25.3 Å². The summed E-state index contributed by atoms with van der Waals surface area (Å²) in [6.45, 7) is 3.73. The summed E-state index contributed by atoms with van der Waals surface area (Å²) in [5.41, 5.74) is 3.78. The molecule has 4 aromatic rings. The molecule has 0 aliphatic carbocycles. The van der Waals surface area contributed by atoms with Crippen molar-refractivity contribution >= 4 is 45.3 Å². The third-order valence-electron chi connectivity index (χ3n) is 5.69. The Morgan fingerprint density at radius 1 is 1.06 bits per heavy atom. The zero-order valence-electron chi connectivity index (χ0n) is 19.3. The molecule has 1 fully saturated rings. The number of pyridine rings is 1. The second-order valence-electron chi connectivity index (χ2n) is 7.96. The van der Waals surface area contributed by atoms with Gasteiger partial charge in [-0.25, -0.2) is 29.1 Å². The molecule has 0 unspecified atom stereocenters. The van der Waals surface area contributed by atoms with Gasteiger partial charge in [0.15, 0.2) is 5.82 Å². The fraction of sp³-hybridized carbons (Fsp3) is 0.250. The molecule has 0 spiro atoms. The van der Waals surface area contributed by atoms with Gasteiger partial charge in [-0.1, -0.05) is 6.07 Å². The molecule has 0 saturated carbocycles. The van der Waals surface area contributed by atoms with E-state index in [0.29, 0.717) is 49.7 Å². The van der Waals surface area contributed by atoms with Gasteiger partial charge in [-0.3, -0.25) is 4.79 Å². The van der Waals surface area contributed by atoms with Crippen LogP contribution >= 0.6 is 11.3 Å². The summed E-state index contributed by atoms with van der Waals surface area (Å²) in [6, 6.07) is 8.72. The molecule has 1 aromatic carbocycles. The van der Waals surface area contributed by atoms with Crippen LogP contribution in [0.4, 0.5) is 21.0 Å². The third-order valence-corrected chi connectivity index (χ3v) is 6.48. The Balaban J connectivity index is 1.25. The molecule has 1 saturated heterocycles. The highest BCUT2D eigenvalue weighted by atomic mass is 32.1. The lowest BCUT2D eigenvalue weighted by molar-refractivity contribution is 0.0570. The van der Waals surface area contributed by atoms with Gasteiger partial charge >= 0.3 is 6.09 Å². The maximum Gasteiger partial charge on any atom is 0.409 e. The first kappa shape index (κ1) is 23.5. The van der Waals surface area contributed by atoms with E-state index in [1.807, 2.05) is 12.1 Å². The Labute approximate surface area is 209 Å². The van der Waals surface area contributed by atoms with Crippen molar-refractivity contribution < 1.29 is 18.7 Å². The lowest BCUT2D eigenvalue weighted by Gasteiger charge is -2.34. The van der Waals surface area contributed by atoms with Crippen molar-refractivity contribution in [3.05, 3.63) is 59.6 Å². The average molecular weight is 508 g/mol. The average Bonchev–Trinajstić information content (AvgIpc) is 3.38. The molecule has 12 heteroatoms. The van der Waals surface area contributed by atoms with E-state index in [1.165, 1.54) is 17.5 Å². The molecule has 0 atom stereocenters. The van der Waals surface area contributed by atoms with Gasteiger partial charge in [-0.15, -0.1) is 11.3 Å². The molecule has 184 valence electrons. The number of nitrogens with zero attached hydrogens (tertiary/aromatic N) is 6. The highest BCUT2D eigenvalue weighted by molar-refractivity contribution is 7.16. The van der Waals surface area contributed by atoms with E-state index in [0.717, 1.165) is 16.4 Å². The van der Waals surface area contributed by atoms with Crippen molar-refractivity contribution in [2.75, 3.05) is 38.1 Å². The highest BCUT2D eigenvalue weighted by Crippen LogP contribution is 2.27. The van der Waals surface area contributed by atoms with Crippen LogP contribution in [0.5, 0.6) is 0 Å². The number of nitrogens with one attached hydrogen (secondary N) is 1. The largest absolute Gasteiger partial charge is 0.450 e. The van der Waals surface area contributed by atoms with Gasteiger partial charge < -0.3 is 19.9 Å². The van der Waals surface area contributed by atoms with Gasteiger partial charge in [0.2, 0.25) is 5.95 Å². The van der Waals surface area contributed by atoms with Crippen molar-refractivity contribution in [3.63, 3.8) is 0 Å². The summed E-state index contributed by atoms with van der Waals surface area (Å²) in [7, 11) is 0. The van der Waals surface area contributed by atoms with E-state index in [4.69, 9.17) is 4.74 Å². The van der Waals surface area contributed by atoms with Crippen LogP contribution in [0, 0.1) is 5.82 Å². The monoisotopic (exact) mass is 507 g/mol. The minimum atomic E-state index is -0.540. The minimum Gasteiger partial charge on any atom is -0.450 e. The number of thiazole rings is 1. The van der Waals surface area contributed by atoms with E-state index >= 15 is 0 Å². The number of ether oxygens (including phenoxy) is 1. The molecule has 1 aliphatic heterocycles. The summed E-state index contributed by atoms with van der Waals surface area (Å²) < 4.78 is 20.4. The molecule has 1 N–H and O–H groups in total. The number of aromatic nitrogens is 4. The van der Waals surface area contributed by atoms with Crippen LogP contribution in [0.3, 0.4) is 0 Å². The van der Waals surface area contributed by atoms with E-state index in [-0.39, 0.29) is 23.6 Å². The molecule has 0 radical (unpaired) electrons. The predicted octanol–water partition coefficient (Wildman–Crippen LogP) is 3.95. The fourth-order valence-electron chi connectivity index (χ4n) is 3.83. The van der Waals surface area contributed by atoms with Crippen molar-refractivity contribution in [2.24, 2.45) is 0 Å². The van der Waals surface area contributed by atoms with Gasteiger partial charge in [-0.2, -0.15) is 0 Å². The highest BCUT2D eigenvalue weighted by Gasteiger charge is 2.25. The van der Waals surface area contributed by atoms with E-state index in [9.17, 15) is 14.0 Å². The predicted molar refractivity (Wildman–Crippen MR) is 133 cm³/mol. The Hall–Kier alpha value is -4.19. The van der Waals surface area contributed by atoms with Crippen LogP contribution in [-0.2, 0) is 4.74 Å². The lowest BCUT2D eigenvalue weighted by atomic mass is 10.1. The molecular formula is C24H22FN7O3S. The van der Waals surface area contributed by atoms with Crippen LogP contribution in [-0.4, -0.2) is 74.5 Å². The Bertz CT molecular complexity index is 1400. The third kappa shape index (κ3) is 4.93. The van der Waals surface area contributed by atoms with Gasteiger partial charge in [0.25, 0.3) is 5.91 Å². The fourth-order valence-corrected chi connectivity index (χ4v) is 4.55. The maximum absolute atomic E-state index is 14.5. The van der Waals surface area contributed by atoms with Gasteiger partial charge in [0.05, 0.1) is 34.1 Å². The smallest absolute Gasteiger partial charge is 0.409 e. The summed E-state index contributed by atoms with van der Waals surface area (Å²) in [5, 5.41) is 2.96. The van der Waals surface area contributed by atoms with Crippen molar-refractivity contribution in [1.29, 1.82) is 0 Å². The number of fused-ring (bicyclic) bond motifs is 1. The molecule has 2 amide bonds. The standard InChI is InChI=1S/C24H22FN7O3S/c1-2-35-24(34)32-9-7-31(8-10-32)22(33)16-4-6-20(26-12-16)29-23-27-13-17(25)21(30-23)15-3-5-18-19(11-15)36-14-28-18/h3-6,11-14H,2,7-10H2,1H3,(H,26,27,29,30). The first-order valence-corrected chi connectivity index (χ1v) is 12.2. The van der Waals surface area contributed by atoms with Crippen LogP contribution in [0.15, 0.2) is 48.2 Å². The number of anilines is 2. The Morgan fingerprint density at radius 3 is 2.61 bits per heavy atom. The molecular weight excluding hydrogens is 485 g/mol. The summed E-state index contributed by atoms with van der Waals surface area (Å²) in [6.07, 6.45) is 2.21. The summed E-state index contributed by atoms with van der Waals surface area (Å²) >= 11 is 1.47. The topological polar surface area (TPSA) is 113 Å². The van der Waals surface area contributed by atoms with Crippen molar-refractivity contribution in [3.8, 4) is 11.3 Å². The number of carbonyl (C=O) groups excluding carboxylic acids is 2. The van der Waals surface area contributed by atoms with E-state index < -0.39 is 5.82 Å². The first-order chi connectivity index (χ1) is 17.5. The minimum absolute atomic E-state index is 0.163. The molecule has 5 rings (SSSR count). The molecule has 10 nitrogen and oxygen atoms in total. The number of amides is 2. The normalized spacial score (nSPS) is 13.6. The maximum atomic E-state index is 14.5. The first-order valence-electron chi connectivity index (χ1n) is 11.3. The molecule has 1 aliphatic rings. The lowest BCUT2D eigenvalue weighted by Crippen LogP contribution is -2.50. The van der Waals surface area contributed by atoms with Gasteiger partial charge in [-0.05, 0) is 31.2 Å². The van der Waals surface area contributed by atoms with Crippen LogP contribution in [0.25, 0.3) is 21.5 Å². The number of rotatable bonds is 5. The Kier molecular flexibility index (Phi) is 6.67. The van der Waals surface area contributed by atoms with Crippen LogP contribution < -0.4 is 5.32 Å². The summed E-state index contributed by atoms with van der Waals surface area (Å²) in [4.78, 5) is 44.8. The SMILES string of the molecule is CCOC(=O)N1CCN(C(=O)c2ccc(Nc3ncc(F)c(-c4ccc5ncsc5c4)n3)nc2)CC1. The van der Waals surface area contributed by atoms with Crippen LogP contribution in [0.1, 0.15) is 17.3 Å². The second kappa shape index (κ2) is 10.2.